The molecule has 2 saturated carbocycles. The van der Waals surface area contributed by atoms with E-state index in [1.807, 2.05) is 12.4 Å². The van der Waals surface area contributed by atoms with Crippen molar-refractivity contribution in [2.24, 2.45) is 11.8 Å². The van der Waals surface area contributed by atoms with Gasteiger partial charge in [-0.1, -0.05) is 0 Å². The minimum absolute atomic E-state index is 0.629. The maximum absolute atomic E-state index is 4.94. The van der Waals surface area contributed by atoms with E-state index in [0.29, 0.717) is 5.92 Å². The van der Waals surface area contributed by atoms with Gasteiger partial charge in [0.15, 0.2) is 0 Å². The molecule has 2 aromatic heterocycles. The van der Waals surface area contributed by atoms with Crippen molar-refractivity contribution in [3.05, 3.63) is 30.2 Å². The van der Waals surface area contributed by atoms with Crippen LogP contribution < -0.4 is 20.4 Å². The van der Waals surface area contributed by atoms with Gasteiger partial charge in [-0.15, -0.1) is 0 Å². The highest BCUT2D eigenvalue weighted by Crippen LogP contribution is 2.46. The fourth-order valence-electron chi connectivity index (χ4n) is 4.54. The zero-order chi connectivity index (χ0) is 18.5. The highest BCUT2D eigenvalue weighted by Gasteiger charge is 2.45. The highest BCUT2D eigenvalue weighted by atomic mass is 15.3. The Kier molecular flexibility index (Phi) is 3.89. The fraction of sp³-hybridized carbons (Fsp3) is 0.571. The lowest BCUT2D eigenvalue weighted by atomic mass is 10.2. The van der Waals surface area contributed by atoms with Crippen LogP contribution in [0.4, 0.5) is 23.1 Å². The van der Waals surface area contributed by atoms with Crippen molar-refractivity contribution < 1.29 is 0 Å². The highest BCUT2D eigenvalue weighted by molar-refractivity contribution is 5.66. The standard InChI is InChI=1S/C21H27N7/c1-2-14(1)18-10-24-20(11-23-18)25-19-8-17(27-5-3-22-4-6-27)9-21(26-19)28-12-15-7-16(15)13-28/h8-11,14-16,22H,1-7,12-13H2,(H,24,25,26). The van der Waals surface area contributed by atoms with Gasteiger partial charge in [-0.2, -0.15) is 0 Å². The Hall–Kier alpha value is -2.41. The SMILES string of the molecule is c1nc(C2CC2)cnc1Nc1cc(N2CCNCC2)cc(N2CC3CC3C2)n1. The van der Waals surface area contributed by atoms with Crippen LogP contribution in [0.25, 0.3) is 0 Å². The van der Waals surface area contributed by atoms with E-state index < -0.39 is 0 Å². The first-order valence-electron chi connectivity index (χ1n) is 10.6. The second kappa shape index (κ2) is 6.58. The first kappa shape index (κ1) is 16.5. The lowest BCUT2D eigenvalue weighted by Crippen LogP contribution is -2.43. The predicted molar refractivity (Wildman–Crippen MR) is 110 cm³/mol. The molecular formula is C21H27N7. The molecule has 7 heteroatoms. The third kappa shape index (κ3) is 3.28. The monoisotopic (exact) mass is 377 g/mol. The molecule has 2 N–H and O–H groups in total. The van der Waals surface area contributed by atoms with Gasteiger partial charge in [-0.05, 0) is 31.1 Å². The molecule has 2 aliphatic carbocycles. The topological polar surface area (TPSA) is 69.2 Å². The molecule has 4 heterocycles. The summed E-state index contributed by atoms with van der Waals surface area (Å²) in [7, 11) is 0. The number of hydrogen-bond donors (Lipinski definition) is 2. The molecule has 28 heavy (non-hydrogen) atoms. The van der Waals surface area contributed by atoms with Gasteiger partial charge < -0.3 is 20.4 Å². The number of piperazine rings is 1. The van der Waals surface area contributed by atoms with Crippen LogP contribution in [0.15, 0.2) is 24.5 Å². The Labute approximate surface area is 165 Å². The molecule has 4 fully saturated rings. The zero-order valence-corrected chi connectivity index (χ0v) is 16.1. The maximum atomic E-state index is 4.94. The van der Waals surface area contributed by atoms with E-state index in [9.17, 15) is 0 Å². The first-order valence-corrected chi connectivity index (χ1v) is 10.6. The first-order chi connectivity index (χ1) is 13.8. The molecule has 2 saturated heterocycles. The van der Waals surface area contributed by atoms with E-state index in [2.05, 4.69) is 42.5 Å². The third-order valence-corrected chi connectivity index (χ3v) is 6.51. The molecule has 4 aliphatic rings. The molecule has 2 aliphatic heterocycles. The summed E-state index contributed by atoms with van der Waals surface area (Å²) in [6, 6.07) is 4.42. The maximum Gasteiger partial charge on any atom is 0.150 e. The van der Waals surface area contributed by atoms with Gasteiger partial charge in [0.2, 0.25) is 0 Å². The number of anilines is 4. The summed E-state index contributed by atoms with van der Waals surface area (Å²) in [5, 5.41) is 6.84. The number of fused-ring (bicyclic) bond motifs is 1. The van der Waals surface area contributed by atoms with Crippen LogP contribution in [0.3, 0.4) is 0 Å². The van der Waals surface area contributed by atoms with E-state index in [-0.39, 0.29) is 0 Å². The molecule has 6 rings (SSSR count). The molecule has 2 aromatic rings. The lowest BCUT2D eigenvalue weighted by molar-refractivity contribution is 0.589. The van der Waals surface area contributed by atoms with E-state index >= 15 is 0 Å². The van der Waals surface area contributed by atoms with Crippen LogP contribution in [0.2, 0.25) is 0 Å². The summed E-state index contributed by atoms with van der Waals surface area (Å²) in [4.78, 5) is 19.0. The van der Waals surface area contributed by atoms with Gasteiger partial charge in [0.25, 0.3) is 0 Å². The molecular weight excluding hydrogens is 350 g/mol. The summed E-state index contributed by atoms with van der Waals surface area (Å²) in [6.07, 6.45) is 7.66. The number of piperidine rings is 1. The Balaban J connectivity index is 1.28. The Morgan fingerprint density at radius 3 is 2.46 bits per heavy atom. The average Bonchev–Trinajstić information content (AvgIpc) is 3.68. The molecule has 0 amide bonds. The molecule has 146 valence electrons. The molecule has 2 atom stereocenters. The number of nitrogens with zero attached hydrogens (tertiary/aromatic N) is 5. The Bertz CT molecular complexity index is 827. The summed E-state index contributed by atoms with van der Waals surface area (Å²) in [5.41, 5.74) is 2.36. The summed E-state index contributed by atoms with van der Waals surface area (Å²) in [6.45, 7) is 6.43. The lowest BCUT2D eigenvalue weighted by Gasteiger charge is -2.31. The normalized spacial score (nSPS) is 26.3. The Morgan fingerprint density at radius 1 is 0.929 bits per heavy atom. The number of aromatic nitrogens is 3. The second-order valence-corrected chi connectivity index (χ2v) is 8.69. The van der Waals surface area contributed by atoms with Gasteiger partial charge >= 0.3 is 0 Å². The van der Waals surface area contributed by atoms with Gasteiger partial charge in [-0.3, -0.25) is 4.98 Å². The largest absolute Gasteiger partial charge is 0.369 e. The van der Waals surface area contributed by atoms with Crippen LogP contribution in [0, 0.1) is 11.8 Å². The zero-order valence-electron chi connectivity index (χ0n) is 16.1. The average molecular weight is 377 g/mol. The minimum atomic E-state index is 0.629. The molecule has 0 radical (unpaired) electrons. The predicted octanol–water partition coefficient (Wildman–Crippen LogP) is 2.36. The van der Waals surface area contributed by atoms with Crippen molar-refractivity contribution in [1.82, 2.24) is 20.3 Å². The van der Waals surface area contributed by atoms with E-state index in [0.717, 1.165) is 74.3 Å². The second-order valence-electron chi connectivity index (χ2n) is 8.69. The summed E-state index contributed by atoms with van der Waals surface area (Å²) < 4.78 is 0. The summed E-state index contributed by atoms with van der Waals surface area (Å²) >= 11 is 0. The van der Waals surface area contributed by atoms with Crippen molar-refractivity contribution in [1.29, 1.82) is 0 Å². The molecule has 0 aromatic carbocycles. The van der Waals surface area contributed by atoms with Crippen molar-refractivity contribution in [2.45, 2.75) is 25.2 Å². The summed E-state index contributed by atoms with van der Waals surface area (Å²) in [5.74, 6) is 5.13. The van der Waals surface area contributed by atoms with Crippen LogP contribution in [-0.2, 0) is 0 Å². The molecule has 0 bridgehead atoms. The smallest absolute Gasteiger partial charge is 0.150 e. The van der Waals surface area contributed by atoms with Gasteiger partial charge in [0.05, 0.1) is 18.1 Å². The number of nitrogens with one attached hydrogen (secondary N) is 2. The molecule has 2 unspecified atom stereocenters. The van der Waals surface area contributed by atoms with Crippen molar-refractivity contribution in [2.75, 3.05) is 54.4 Å². The van der Waals surface area contributed by atoms with Gasteiger partial charge in [0, 0.05) is 63.0 Å². The quantitative estimate of drug-likeness (QED) is 0.829. The van der Waals surface area contributed by atoms with Crippen LogP contribution in [-0.4, -0.2) is 54.2 Å². The van der Waals surface area contributed by atoms with E-state index in [1.165, 1.54) is 24.9 Å². The van der Waals surface area contributed by atoms with Crippen molar-refractivity contribution >= 4 is 23.1 Å². The number of pyridine rings is 1. The Morgan fingerprint density at radius 2 is 1.75 bits per heavy atom. The van der Waals surface area contributed by atoms with Crippen LogP contribution >= 0.6 is 0 Å². The number of rotatable bonds is 5. The van der Waals surface area contributed by atoms with Crippen LogP contribution in [0.1, 0.15) is 30.9 Å². The van der Waals surface area contributed by atoms with Crippen LogP contribution in [0.5, 0.6) is 0 Å². The van der Waals surface area contributed by atoms with Gasteiger partial charge in [-0.25, -0.2) is 9.97 Å². The van der Waals surface area contributed by atoms with Gasteiger partial charge in [0.1, 0.15) is 17.5 Å². The fourth-order valence-corrected chi connectivity index (χ4v) is 4.54. The minimum Gasteiger partial charge on any atom is -0.369 e. The molecule has 7 nitrogen and oxygen atoms in total. The number of hydrogen-bond acceptors (Lipinski definition) is 7. The van der Waals surface area contributed by atoms with E-state index in [1.54, 1.807) is 0 Å². The third-order valence-electron chi connectivity index (χ3n) is 6.51. The van der Waals surface area contributed by atoms with Crippen molar-refractivity contribution in [3.63, 3.8) is 0 Å². The molecule has 0 spiro atoms. The van der Waals surface area contributed by atoms with Crippen molar-refractivity contribution in [3.8, 4) is 0 Å². The van der Waals surface area contributed by atoms with E-state index in [4.69, 9.17) is 4.98 Å².